The van der Waals surface area contributed by atoms with Crippen molar-refractivity contribution in [3.05, 3.63) is 101 Å². The molecular weight excluding hydrogens is 1050 g/mol. The molecule has 0 bridgehead atoms. The summed E-state index contributed by atoms with van der Waals surface area (Å²) in [5, 5.41) is 29.3. The number of carbonyl (C=O) groups is 5. The number of anilines is 2. The molecule has 4 aromatic heterocycles. The maximum absolute atomic E-state index is 15.6. The zero-order valence-corrected chi connectivity index (χ0v) is 46.5. The van der Waals surface area contributed by atoms with Crippen LogP contribution in [0.25, 0.3) is 27.3 Å². The number of ether oxygens (including phenoxy) is 3. The maximum Gasteiger partial charge on any atom is 0.254 e. The van der Waals surface area contributed by atoms with Crippen molar-refractivity contribution in [3.63, 3.8) is 0 Å². The van der Waals surface area contributed by atoms with Crippen molar-refractivity contribution in [1.82, 2.24) is 60.2 Å². The van der Waals surface area contributed by atoms with Crippen LogP contribution in [-0.2, 0) is 33.4 Å². The van der Waals surface area contributed by atoms with E-state index >= 15 is 4.39 Å². The molecule has 1 saturated carbocycles. The number of thiazole rings is 1. The molecule has 426 valence electrons. The lowest BCUT2D eigenvalue weighted by Gasteiger charge is -2.35. The number of rotatable bonds is 24. The Morgan fingerprint density at radius 2 is 1.64 bits per heavy atom. The summed E-state index contributed by atoms with van der Waals surface area (Å²) in [6.45, 7) is 12.1. The van der Waals surface area contributed by atoms with Gasteiger partial charge in [-0.15, -0.1) is 11.3 Å². The number of β-amino-alcohol motifs (C(OH)–C–C–N with tert-alkyl or cyclic N) is 1. The summed E-state index contributed by atoms with van der Waals surface area (Å²) >= 11 is 1.56. The Morgan fingerprint density at radius 1 is 0.900 bits per heavy atom. The maximum atomic E-state index is 15.6. The number of amides is 5. The highest BCUT2D eigenvalue weighted by molar-refractivity contribution is 7.13. The normalized spacial score (nSPS) is 17.6. The average molecular weight is 1120 g/mol. The second-order valence-electron chi connectivity index (χ2n) is 21.5. The Hall–Kier alpha value is -7.22. The molecule has 0 unspecified atom stereocenters. The van der Waals surface area contributed by atoms with E-state index in [2.05, 4.69) is 41.4 Å². The first kappa shape index (κ1) is 57.5. The summed E-state index contributed by atoms with van der Waals surface area (Å²) in [5.41, 5.74) is 7.45. The van der Waals surface area contributed by atoms with Gasteiger partial charge in [-0.25, -0.2) is 19.3 Å². The molecule has 22 nitrogen and oxygen atoms in total. The van der Waals surface area contributed by atoms with E-state index in [1.807, 2.05) is 74.4 Å². The van der Waals surface area contributed by atoms with Crippen LogP contribution in [0.15, 0.2) is 72.8 Å². The Labute approximate surface area is 467 Å². The van der Waals surface area contributed by atoms with Crippen LogP contribution >= 0.6 is 11.3 Å². The SMILES string of the molecule is Cc1ncsc1-c1ccc([C@H](C)NC(=O)[C@@H]2C[C@@H](O)CN2C(=O)[C@@H](NC(=O)COCCOCCOCCNC(=O)CN2CCN(C(=O)c3ccc(Nc4nc(C5CC5)cn5c(-c6cn[nH]c6)cnc45)c(F)c3)CC2)C(C)(C)C)cc1. The second kappa shape index (κ2) is 25.9. The third kappa shape index (κ3) is 14.4. The zero-order valence-electron chi connectivity index (χ0n) is 45.7. The van der Waals surface area contributed by atoms with Crippen LogP contribution in [0.5, 0.6) is 0 Å². The van der Waals surface area contributed by atoms with Crippen LogP contribution in [-0.4, -0.2) is 183 Å². The van der Waals surface area contributed by atoms with Gasteiger partial charge in [0.2, 0.25) is 23.6 Å². The van der Waals surface area contributed by atoms with Gasteiger partial charge in [0.15, 0.2) is 11.5 Å². The minimum absolute atomic E-state index is 0.0426. The lowest BCUT2D eigenvalue weighted by molar-refractivity contribution is -0.144. The minimum atomic E-state index is -1.00. The van der Waals surface area contributed by atoms with Crippen LogP contribution in [0.4, 0.5) is 15.9 Å². The molecule has 6 heterocycles. The van der Waals surface area contributed by atoms with Gasteiger partial charge in [0.1, 0.15) is 24.5 Å². The van der Waals surface area contributed by atoms with Gasteiger partial charge in [0.25, 0.3) is 5.91 Å². The minimum Gasteiger partial charge on any atom is -0.391 e. The quantitative estimate of drug-likeness (QED) is 0.0453. The lowest BCUT2D eigenvalue weighted by Crippen LogP contribution is -2.58. The number of H-pyrrole nitrogens is 1. The summed E-state index contributed by atoms with van der Waals surface area (Å²) < 4.78 is 34.3. The molecule has 80 heavy (non-hydrogen) atoms. The molecule has 6 N–H and O–H groups in total. The van der Waals surface area contributed by atoms with E-state index in [-0.39, 0.29) is 88.3 Å². The molecule has 2 saturated heterocycles. The highest BCUT2D eigenvalue weighted by Crippen LogP contribution is 2.41. The number of nitrogens with one attached hydrogen (secondary N) is 5. The van der Waals surface area contributed by atoms with Gasteiger partial charge in [0, 0.05) is 75.1 Å². The average Bonchev–Trinajstić information content (AvgIpc) is 3.88. The fourth-order valence-electron chi connectivity index (χ4n) is 9.78. The van der Waals surface area contributed by atoms with Crippen molar-refractivity contribution < 1.29 is 47.7 Å². The van der Waals surface area contributed by atoms with Crippen LogP contribution in [0.2, 0.25) is 0 Å². The number of aliphatic hydroxyl groups is 1. The number of carbonyl (C=O) groups excluding carboxylic acids is 5. The van der Waals surface area contributed by atoms with E-state index in [4.69, 9.17) is 19.2 Å². The van der Waals surface area contributed by atoms with E-state index in [9.17, 15) is 29.1 Å². The fourth-order valence-corrected chi connectivity index (χ4v) is 10.6. The first-order chi connectivity index (χ1) is 38.5. The predicted octanol–water partition coefficient (Wildman–Crippen LogP) is 4.61. The van der Waals surface area contributed by atoms with Crippen molar-refractivity contribution in [1.29, 1.82) is 0 Å². The number of aryl methyl sites for hydroxylation is 1. The molecule has 6 aromatic rings. The van der Waals surface area contributed by atoms with Crippen molar-refractivity contribution in [2.75, 3.05) is 90.8 Å². The highest BCUT2D eigenvalue weighted by Gasteiger charge is 2.45. The largest absolute Gasteiger partial charge is 0.391 e. The van der Waals surface area contributed by atoms with E-state index in [0.29, 0.717) is 50.1 Å². The van der Waals surface area contributed by atoms with Crippen molar-refractivity contribution >= 4 is 58.0 Å². The van der Waals surface area contributed by atoms with E-state index in [1.165, 1.54) is 17.0 Å². The lowest BCUT2D eigenvalue weighted by atomic mass is 9.85. The summed E-state index contributed by atoms with van der Waals surface area (Å²) in [6, 6.07) is 9.96. The smallest absolute Gasteiger partial charge is 0.254 e. The number of fused-ring (bicyclic) bond motifs is 1. The van der Waals surface area contributed by atoms with Crippen molar-refractivity contribution in [3.8, 4) is 21.7 Å². The van der Waals surface area contributed by atoms with E-state index < -0.39 is 47.1 Å². The first-order valence-corrected chi connectivity index (χ1v) is 27.9. The van der Waals surface area contributed by atoms with Gasteiger partial charge < -0.3 is 50.4 Å². The van der Waals surface area contributed by atoms with Crippen LogP contribution in [0.3, 0.4) is 0 Å². The standard InChI is InChI=1S/C56H70FN13O9S/c1-34(36-6-10-38(11-7-36)49-35(2)60-33-80-49)63-53(74)45-25-41(71)29-70(45)55(76)50(56(3,4)5)66-48(73)32-79-23-22-78-21-20-77-19-14-58-47(72)31-67-15-17-68(18-16-67)54(75)39-12-13-43(42(57)24-39)64-51-52-59-28-46(40-26-61-62-27-40)69(52)30-44(65-51)37-8-9-37/h6-7,10-13,24,26-28,30,33-34,37,41,45,50,71H,8-9,14-23,25,29,31-32H2,1-5H3,(H,58,72)(H,61,62)(H,63,74)(H,64,65)(H,66,73)/t34-,41+,45-,50+/m0/s1. The van der Waals surface area contributed by atoms with E-state index in [1.54, 1.807) is 46.4 Å². The Balaban J connectivity index is 0.620. The topological polar surface area (TPSA) is 263 Å². The highest BCUT2D eigenvalue weighted by atomic mass is 32.1. The Bertz CT molecular complexity index is 3120. The molecule has 0 radical (unpaired) electrons. The van der Waals surface area contributed by atoms with Gasteiger partial charge >= 0.3 is 0 Å². The molecule has 5 amide bonds. The predicted molar refractivity (Wildman–Crippen MR) is 296 cm³/mol. The number of benzene rings is 2. The number of halogens is 1. The third-order valence-electron chi connectivity index (χ3n) is 14.4. The van der Waals surface area contributed by atoms with Crippen molar-refractivity contribution in [2.24, 2.45) is 5.41 Å². The number of nitrogens with zero attached hydrogens (tertiary/aromatic N) is 8. The molecular formula is C56H70FN13O9S. The number of aliphatic hydroxyl groups excluding tert-OH is 1. The molecule has 24 heteroatoms. The molecule has 2 aromatic carbocycles. The van der Waals surface area contributed by atoms with Gasteiger partial charge in [-0.3, -0.25) is 38.4 Å². The molecule has 3 fully saturated rings. The van der Waals surface area contributed by atoms with Gasteiger partial charge in [0.05, 0.1) is 97.3 Å². The number of imidazole rings is 1. The summed E-state index contributed by atoms with van der Waals surface area (Å²) in [6.07, 6.45) is 8.44. The number of likely N-dealkylation sites (tertiary alicyclic amines) is 1. The van der Waals surface area contributed by atoms with Crippen LogP contribution in [0, 0.1) is 18.2 Å². The monoisotopic (exact) mass is 1120 g/mol. The number of hydrogen-bond acceptors (Lipinski definition) is 16. The Kier molecular flexibility index (Phi) is 18.6. The van der Waals surface area contributed by atoms with Gasteiger partial charge in [-0.2, -0.15) is 5.10 Å². The molecule has 3 aliphatic rings. The molecule has 1 aliphatic carbocycles. The molecule has 2 aliphatic heterocycles. The van der Waals surface area contributed by atoms with E-state index in [0.717, 1.165) is 51.5 Å². The fraction of sp³-hybridized carbons (Fsp3) is 0.482. The first-order valence-electron chi connectivity index (χ1n) is 27.0. The van der Waals surface area contributed by atoms with Crippen molar-refractivity contribution in [2.45, 2.75) is 84.0 Å². The molecule has 4 atom stereocenters. The molecule has 0 spiro atoms. The third-order valence-corrected chi connectivity index (χ3v) is 15.4. The second-order valence-corrected chi connectivity index (χ2v) is 22.4. The van der Waals surface area contributed by atoms with Crippen LogP contribution in [0.1, 0.15) is 86.2 Å². The van der Waals surface area contributed by atoms with Gasteiger partial charge in [-0.1, -0.05) is 45.0 Å². The molecule has 9 rings (SSSR count). The number of aromatic nitrogens is 6. The Morgan fingerprint density at radius 3 is 2.31 bits per heavy atom. The number of aromatic amines is 1. The number of piperazine rings is 1. The number of hydrogen-bond donors (Lipinski definition) is 6. The summed E-state index contributed by atoms with van der Waals surface area (Å²) in [4.78, 5) is 86.7. The zero-order chi connectivity index (χ0) is 56.5. The summed E-state index contributed by atoms with van der Waals surface area (Å²) in [5.74, 6) is -1.70. The summed E-state index contributed by atoms with van der Waals surface area (Å²) in [7, 11) is 0. The van der Waals surface area contributed by atoms with Crippen LogP contribution < -0.4 is 21.3 Å². The van der Waals surface area contributed by atoms with Gasteiger partial charge in [-0.05, 0) is 61.4 Å².